The molecule has 2 aliphatic rings. The van der Waals surface area contributed by atoms with Crippen molar-refractivity contribution >= 4 is 16.9 Å². The minimum atomic E-state index is -0.0204. The van der Waals surface area contributed by atoms with Gasteiger partial charge in [-0.1, -0.05) is 0 Å². The zero-order chi connectivity index (χ0) is 20.4. The van der Waals surface area contributed by atoms with E-state index in [2.05, 4.69) is 10.3 Å². The molecule has 0 radical (unpaired) electrons. The summed E-state index contributed by atoms with van der Waals surface area (Å²) in [5.74, 6) is 2.05. The largest absolute Gasteiger partial charge is 0.493 e. The highest BCUT2D eigenvalue weighted by Gasteiger charge is 2.31. The molecule has 1 heterocycles. The molecule has 0 aliphatic heterocycles. The smallest absolute Gasteiger partial charge is 0.297 e. The summed E-state index contributed by atoms with van der Waals surface area (Å²) in [4.78, 5) is 15.6. The van der Waals surface area contributed by atoms with Crippen LogP contribution in [0, 0.1) is 11.8 Å². The Hall–Kier alpha value is -2.28. The summed E-state index contributed by atoms with van der Waals surface area (Å²) >= 11 is 0. The second-order valence-electron chi connectivity index (χ2n) is 8.56. The fourth-order valence-corrected chi connectivity index (χ4v) is 3.67. The van der Waals surface area contributed by atoms with E-state index in [0.29, 0.717) is 31.1 Å². The van der Waals surface area contributed by atoms with Gasteiger partial charge >= 0.3 is 0 Å². The minimum Gasteiger partial charge on any atom is -0.493 e. The Morgan fingerprint density at radius 1 is 1.24 bits per heavy atom. The highest BCUT2D eigenvalue weighted by Crippen LogP contribution is 2.32. The van der Waals surface area contributed by atoms with Gasteiger partial charge in [-0.25, -0.2) is 0 Å². The number of ether oxygens (including phenoxy) is 3. The van der Waals surface area contributed by atoms with Crippen LogP contribution >= 0.6 is 0 Å². The first-order valence-corrected chi connectivity index (χ1v) is 10.6. The van der Waals surface area contributed by atoms with Crippen molar-refractivity contribution in [2.24, 2.45) is 18.9 Å². The van der Waals surface area contributed by atoms with Gasteiger partial charge in [0.05, 0.1) is 37.0 Å². The molecule has 7 nitrogen and oxygen atoms in total. The van der Waals surface area contributed by atoms with Crippen LogP contribution < -0.4 is 14.8 Å². The second kappa shape index (κ2) is 8.61. The number of benzene rings is 1. The molecular formula is C22H31N3O4. The maximum atomic E-state index is 11.0. The van der Waals surface area contributed by atoms with Crippen molar-refractivity contribution in [3.05, 3.63) is 18.2 Å². The summed E-state index contributed by atoms with van der Waals surface area (Å²) in [5.41, 5.74) is 1.95. The molecule has 1 amide bonds. The van der Waals surface area contributed by atoms with E-state index in [1.165, 1.54) is 19.8 Å². The number of aryl methyl sites for hydroxylation is 1. The molecule has 0 spiro atoms. The summed E-state index contributed by atoms with van der Waals surface area (Å²) in [6.45, 7) is 5.49. The van der Waals surface area contributed by atoms with Crippen molar-refractivity contribution in [2.75, 3.05) is 19.8 Å². The Balaban J connectivity index is 1.22. The molecule has 29 heavy (non-hydrogen) atoms. The van der Waals surface area contributed by atoms with Gasteiger partial charge in [0.1, 0.15) is 5.75 Å². The SMILES string of the molecule is CC(=O)N[C@@H](C)COC1CC(COc2ccc3nc(OCC4CC4)n(C)c3c2)C1. The normalized spacial score (nSPS) is 22.2. The van der Waals surface area contributed by atoms with E-state index in [-0.39, 0.29) is 18.1 Å². The van der Waals surface area contributed by atoms with Gasteiger partial charge in [-0.15, -0.1) is 0 Å². The lowest BCUT2D eigenvalue weighted by Crippen LogP contribution is -2.40. The lowest BCUT2D eigenvalue weighted by molar-refractivity contribution is -0.120. The summed E-state index contributed by atoms with van der Waals surface area (Å²) in [6.07, 6.45) is 4.80. The third kappa shape index (κ3) is 5.21. The van der Waals surface area contributed by atoms with Crippen LogP contribution in [0.25, 0.3) is 11.0 Å². The third-order valence-corrected chi connectivity index (χ3v) is 5.67. The van der Waals surface area contributed by atoms with Crippen LogP contribution in [0.2, 0.25) is 0 Å². The molecular weight excluding hydrogens is 370 g/mol. The first kappa shape index (κ1) is 20.0. The van der Waals surface area contributed by atoms with Gasteiger partial charge in [0.25, 0.3) is 6.01 Å². The van der Waals surface area contributed by atoms with Gasteiger partial charge in [-0.05, 0) is 56.6 Å². The number of nitrogens with one attached hydrogen (secondary N) is 1. The van der Waals surface area contributed by atoms with E-state index in [1.807, 2.05) is 36.7 Å². The highest BCUT2D eigenvalue weighted by atomic mass is 16.5. The number of nitrogens with zero attached hydrogens (tertiary/aromatic N) is 2. The Kier molecular flexibility index (Phi) is 5.94. The Bertz CT molecular complexity index is 855. The van der Waals surface area contributed by atoms with Gasteiger partial charge in [0, 0.05) is 26.1 Å². The Labute approximate surface area is 171 Å². The quantitative estimate of drug-likeness (QED) is 0.662. The van der Waals surface area contributed by atoms with Crippen LogP contribution in [-0.2, 0) is 16.6 Å². The van der Waals surface area contributed by atoms with Crippen molar-refractivity contribution in [3.63, 3.8) is 0 Å². The summed E-state index contributed by atoms with van der Waals surface area (Å²) in [6, 6.07) is 6.73. The molecule has 4 rings (SSSR count). The Morgan fingerprint density at radius 2 is 2.00 bits per heavy atom. The van der Waals surface area contributed by atoms with Gasteiger partial charge in [-0.3, -0.25) is 9.36 Å². The number of rotatable bonds is 10. The Morgan fingerprint density at radius 3 is 2.72 bits per heavy atom. The second-order valence-corrected chi connectivity index (χ2v) is 8.56. The topological polar surface area (TPSA) is 74.6 Å². The van der Waals surface area contributed by atoms with Crippen molar-refractivity contribution in [1.29, 1.82) is 0 Å². The van der Waals surface area contributed by atoms with Crippen LogP contribution in [0.5, 0.6) is 11.8 Å². The van der Waals surface area contributed by atoms with Crippen LogP contribution in [0.15, 0.2) is 18.2 Å². The molecule has 1 aromatic carbocycles. The number of hydrogen-bond acceptors (Lipinski definition) is 5. The third-order valence-electron chi connectivity index (χ3n) is 5.67. The maximum absolute atomic E-state index is 11.0. The number of fused-ring (bicyclic) bond motifs is 1. The number of carbonyl (C=O) groups excluding carboxylic acids is 1. The van der Waals surface area contributed by atoms with Gasteiger partial charge in [0.15, 0.2) is 0 Å². The monoisotopic (exact) mass is 401 g/mol. The van der Waals surface area contributed by atoms with Crippen LogP contribution in [0.4, 0.5) is 0 Å². The first-order chi connectivity index (χ1) is 14.0. The van der Waals surface area contributed by atoms with Crippen LogP contribution in [0.3, 0.4) is 0 Å². The molecule has 7 heteroatoms. The molecule has 1 atom stereocenters. The van der Waals surface area contributed by atoms with E-state index in [4.69, 9.17) is 14.2 Å². The van der Waals surface area contributed by atoms with Crippen molar-refractivity contribution < 1.29 is 19.0 Å². The predicted octanol–water partition coefficient (Wildman–Crippen LogP) is 3.06. The number of hydrogen-bond donors (Lipinski definition) is 1. The molecule has 1 N–H and O–H groups in total. The van der Waals surface area contributed by atoms with E-state index >= 15 is 0 Å². The molecule has 0 bridgehead atoms. The molecule has 2 fully saturated rings. The summed E-state index contributed by atoms with van der Waals surface area (Å²) in [7, 11) is 1.98. The molecule has 0 saturated heterocycles. The fourth-order valence-electron chi connectivity index (χ4n) is 3.67. The average molecular weight is 402 g/mol. The minimum absolute atomic E-state index is 0.0204. The van der Waals surface area contributed by atoms with E-state index in [0.717, 1.165) is 36.2 Å². The zero-order valence-corrected chi connectivity index (χ0v) is 17.5. The van der Waals surface area contributed by atoms with Crippen molar-refractivity contribution in [1.82, 2.24) is 14.9 Å². The van der Waals surface area contributed by atoms with Gasteiger partial charge in [0.2, 0.25) is 5.91 Å². The first-order valence-electron chi connectivity index (χ1n) is 10.6. The number of imidazole rings is 1. The lowest BCUT2D eigenvalue weighted by atomic mass is 9.83. The van der Waals surface area contributed by atoms with E-state index in [1.54, 1.807) is 0 Å². The highest BCUT2D eigenvalue weighted by molar-refractivity contribution is 5.78. The molecule has 158 valence electrons. The zero-order valence-electron chi connectivity index (χ0n) is 17.5. The molecule has 2 aromatic rings. The average Bonchev–Trinajstić information content (AvgIpc) is 3.42. The summed E-state index contributed by atoms with van der Waals surface area (Å²) < 4.78 is 19.7. The van der Waals surface area contributed by atoms with Gasteiger partial charge in [-0.2, -0.15) is 4.98 Å². The van der Waals surface area contributed by atoms with Crippen LogP contribution in [0.1, 0.15) is 39.5 Å². The summed E-state index contributed by atoms with van der Waals surface area (Å²) in [5, 5.41) is 2.84. The van der Waals surface area contributed by atoms with E-state index in [9.17, 15) is 4.79 Å². The molecule has 1 aromatic heterocycles. The molecule has 0 unspecified atom stereocenters. The fraction of sp³-hybridized carbons (Fsp3) is 0.636. The molecule has 2 aliphatic carbocycles. The lowest BCUT2D eigenvalue weighted by Gasteiger charge is -2.35. The van der Waals surface area contributed by atoms with Gasteiger partial charge < -0.3 is 19.5 Å². The maximum Gasteiger partial charge on any atom is 0.297 e. The predicted molar refractivity (Wildman–Crippen MR) is 110 cm³/mol. The number of amides is 1. The van der Waals surface area contributed by atoms with Crippen molar-refractivity contribution in [3.8, 4) is 11.8 Å². The van der Waals surface area contributed by atoms with E-state index < -0.39 is 0 Å². The van der Waals surface area contributed by atoms with Crippen LogP contribution in [-0.4, -0.2) is 47.4 Å². The standard InChI is InChI=1S/C22H31N3O4/c1-14(23-15(2)26)11-27-19-8-17(9-19)13-28-18-6-7-20-21(10-18)25(3)22(24-20)29-12-16-4-5-16/h6-7,10,14,16-17,19H,4-5,8-9,11-13H2,1-3H3,(H,23,26)/t14-,17?,19?/m0/s1. The number of carbonyl (C=O) groups is 1. The molecule has 2 saturated carbocycles. The number of aromatic nitrogens is 2. The van der Waals surface area contributed by atoms with Crippen molar-refractivity contribution in [2.45, 2.75) is 51.7 Å².